The quantitative estimate of drug-likeness (QED) is 0.0809. The van der Waals surface area contributed by atoms with Gasteiger partial charge in [-0.05, 0) is 170 Å². The molecule has 5 aromatic carbocycles. The Kier molecular flexibility index (Phi) is 19.2. The molecular weight excluding hydrogens is 1150 g/mol. The normalized spacial score (nSPS) is 23.7. The number of carbonyl (C=O) groups excluding carboxylic acids is 2. The zero-order valence-corrected chi connectivity index (χ0v) is 53.8. The number of phenols is 2. The van der Waals surface area contributed by atoms with Crippen molar-refractivity contribution in [2.75, 3.05) is 71.7 Å². The highest BCUT2D eigenvalue weighted by Crippen LogP contribution is 2.65. The lowest BCUT2D eigenvalue weighted by atomic mass is 9.49. The minimum Gasteiger partial charge on any atom is -0.508 e. The second kappa shape index (κ2) is 26.5. The molecule has 474 valence electrons. The molecule has 4 fully saturated rings. The molecule has 0 radical (unpaired) electrons. The van der Waals surface area contributed by atoms with Gasteiger partial charge in [0.25, 0.3) is 5.56 Å². The maximum Gasteiger partial charge on any atom is 0.332 e. The molecule has 7 aromatic rings. The average molecular weight is 1230 g/mol. The number of likely N-dealkylation sites (tertiary alicyclic amines) is 1. The van der Waals surface area contributed by atoms with Gasteiger partial charge in [0.15, 0.2) is 34.6 Å². The summed E-state index contributed by atoms with van der Waals surface area (Å²) in [4.78, 5) is 62.4. The number of nitrogens with zero attached hydrogens (tertiary/aromatic N) is 8. The van der Waals surface area contributed by atoms with Crippen molar-refractivity contribution in [2.45, 2.75) is 123 Å². The molecule has 5 heterocycles. The predicted molar refractivity (Wildman–Crippen MR) is 348 cm³/mol. The molecule has 1 amide bonds. The number of amides is 1. The third-order valence-corrected chi connectivity index (χ3v) is 20.2. The number of Topliss-reactive ketones (excluding diaryl/α,β-unsaturated/α-hetero) is 1. The number of aryl methyl sites for hydroxylation is 2. The molecule has 1 saturated heterocycles. The Bertz CT molecular complexity index is 3780. The van der Waals surface area contributed by atoms with Gasteiger partial charge in [0, 0.05) is 93.2 Å². The van der Waals surface area contributed by atoms with Gasteiger partial charge in [-0.15, -0.1) is 0 Å². The number of methoxy groups -OCH3 is 1. The van der Waals surface area contributed by atoms with Crippen LogP contribution in [0.2, 0.25) is 0 Å². The molecule has 7 aliphatic rings. The number of aliphatic hydroxyl groups is 2. The van der Waals surface area contributed by atoms with E-state index in [0.717, 1.165) is 91.2 Å². The number of para-hydroxylation sites is 2. The van der Waals surface area contributed by atoms with Crippen molar-refractivity contribution in [3.63, 3.8) is 0 Å². The first kappa shape index (κ1) is 64.5. The van der Waals surface area contributed by atoms with Crippen LogP contribution in [0, 0.1) is 11.8 Å². The Morgan fingerprint density at radius 2 is 1.53 bits per heavy atom. The topological polar surface area (TPSA) is 220 Å². The van der Waals surface area contributed by atoms with E-state index >= 15 is 0 Å². The van der Waals surface area contributed by atoms with Gasteiger partial charge < -0.3 is 54.5 Å². The van der Waals surface area contributed by atoms with Crippen LogP contribution >= 0.6 is 11.8 Å². The fourth-order valence-corrected chi connectivity index (χ4v) is 15.2. The highest BCUT2D eigenvalue weighted by atomic mass is 32.2. The second-order valence-corrected chi connectivity index (χ2v) is 26.6. The van der Waals surface area contributed by atoms with Crippen molar-refractivity contribution in [3.05, 3.63) is 153 Å². The van der Waals surface area contributed by atoms with Crippen LogP contribution in [0.25, 0.3) is 11.2 Å². The number of phenolic OH excluding ortho intramolecular Hbond substituents is 2. The Labute approximate surface area is 525 Å². The highest BCUT2D eigenvalue weighted by molar-refractivity contribution is 7.99. The number of hydrogen-bond acceptors (Lipinski definition) is 16. The van der Waals surface area contributed by atoms with E-state index in [1.54, 1.807) is 44.0 Å². The molecule has 14 rings (SSSR count). The standard InChI is InChI=1S/C20H23NO4.C17H20N2S.C16H25NO2.C8H10N4O2.C8H9NO2/c22-13-4-3-12-9-15-20(24)6-5-14(23)18-19(20,16(12)17(13)25-18)7-8-21(15)10-11-1-2-11;1-13(18(2)3)12-19-14-8-4-6-10-16(14)20-17-11-7-5-9-15(17)19;1-17(2)12-14-7-4-5-10-16(14,18)13-8-6-9-15(11-13)19-3;1-10-4-9-6-5(10)7(13)12(3)8(14)11(6)2;1-6(10)9-7-2-4-8(11)5-3-7/h3-4,11,15,18,22,24H,1-2,5-10H2;4-11,13H,12H2,1-3H3;6,8-9,11,14,18H,4-5,7,10,12H2,1-3H3;4H,1-3H3;2-5,11H,1H3,(H,9,10)/t15-,18+,19+,20-;;14-,16+;;/m1.1../s1. The summed E-state index contributed by atoms with van der Waals surface area (Å²) in [5.74, 6) is 2.58. The Balaban J connectivity index is 0.000000126. The molecular formula is C69H87N9O10S. The maximum absolute atomic E-state index is 12.7. The number of piperidine rings is 1. The van der Waals surface area contributed by atoms with Crippen LogP contribution in [0.3, 0.4) is 0 Å². The number of nitrogens with one attached hydrogen (secondary N) is 1. The number of aromatic hydroxyl groups is 2. The molecule has 4 aliphatic carbocycles. The first-order valence-electron chi connectivity index (χ1n) is 31.0. The number of ether oxygens (including phenoxy) is 2. The van der Waals surface area contributed by atoms with E-state index in [9.17, 15) is 34.5 Å². The van der Waals surface area contributed by atoms with Crippen molar-refractivity contribution in [3.8, 4) is 23.0 Å². The van der Waals surface area contributed by atoms with E-state index in [-0.39, 0.29) is 40.5 Å². The minimum atomic E-state index is -0.940. The third kappa shape index (κ3) is 12.9. The molecule has 2 bridgehead atoms. The number of rotatable bonds is 10. The summed E-state index contributed by atoms with van der Waals surface area (Å²) in [5.41, 5.74) is 4.26. The van der Waals surface area contributed by atoms with E-state index in [0.29, 0.717) is 47.4 Å². The summed E-state index contributed by atoms with van der Waals surface area (Å²) in [6.07, 6.45) is 10.1. The van der Waals surface area contributed by atoms with Crippen LogP contribution in [-0.4, -0.2) is 151 Å². The van der Waals surface area contributed by atoms with E-state index in [4.69, 9.17) is 14.6 Å². The second-order valence-electron chi connectivity index (χ2n) is 25.5. The lowest BCUT2D eigenvalue weighted by Crippen LogP contribution is -2.76. The molecule has 20 heteroatoms. The predicted octanol–water partition coefficient (Wildman–Crippen LogP) is 8.72. The summed E-state index contributed by atoms with van der Waals surface area (Å²) in [6.45, 7) is 7.59. The molecule has 5 N–H and O–H groups in total. The summed E-state index contributed by atoms with van der Waals surface area (Å²) in [7, 11) is 14.9. The van der Waals surface area contributed by atoms with Gasteiger partial charge in [-0.1, -0.05) is 67.1 Å². The number of aromatic nitrogens is 4. The fourth-order valence-electron chi connectivity index (χ4n) is 14.1. The average Bonchev–Trinajstić information content (AvgIpc) is 1.61. The van der Waals surface area contributed by atoms with Crippen LogP contribution in [0.1, 0.15) is 88.3 Å². The number of likely N-dealkylation sites (N-methyl/N-ethyl adjacent to an activating group) is 1. The molecule has 89 heavy (non-hydrogen) atoms. The first-order valence-corrected chi connectivity index (χ1v) is 31.8. The van der Waals surface area contributed by atoms with Gasteiger partial charge in [0.1, 0.15) is 11.5 Å². The van der Waals surface area contributed by atoms with Crippen molar-refractivity contribution in [1.29, 1.82) is 0 Å². The van der Waals surface area contributed by atoms with Crippen LogP contribution < -0.4 is 30.9 Å². The molecule has 1 unspecified atom stereocenters. The molecule has 3 saturated carbocycles. The van der Waals surface area contributed by atoms with Crippen molar-refractivity contribution < 1.29 is 39.5 Å². The van der Waals surface area contributed by atoms with Crippen molar-refractivity contribution >= 4 is 51.7 Å². The third-order valence-electron chi connectivity index (χ3n) is 19.1. The lowest BCUT2D eigenvalue weighted by molar-refractivity contribution is -0.188. The van der Waals surface area contributed by atoms with E-state index in [1.807, 2.05) is 42.1 Å². The van der Waals surface area contributed by atoms with Gasteiger partial charge in [0.2, 0.25) is 5.91 Å². The van der Waals surface area contributed by atoms with Gasteiger partial charge in [-0.3, -0.25) is 28.4 Å². The minimum absolute atomic E-state index is 0.0454. The Morgan fingerprint density at radius 1 is 0.843 bits per heavy atom. The van der Waals surface area contributed by atoms with Gasteiger partial charge >= 0.3 is 5.69 Å². The summed E-state index contributed by atoms with van der Waals surface area (Å²) in [6, 6.07) is 35.8. The SMILES string of the molecule is CC(=O)Nc1ccc(O)cc1.CC(CN1c2ccccc2Sc2ccccc21)N(C)C.COc1cccc([C@@]2(O)CCCC[C@@H]2CN(C)C)c1.Cn1c(=O)c2c(ncn2C)n(C)c1=O.O=C1CC[C@@]2(O)[C@H]3Cc4ccc(O)c5c4[C@@]2(CCN3CC2CC2)[C@H]1O5. The van der Waals surface area contributed by atoms with Crippen molar-refractivity contribution in [2.24, 2.45) is 33.0 Å². The van der Waals surface area contributed by atoms with Gasteiger partial charge in [0.05, 0.1) is 41.4 Å². The zero-order chi connectivity index (χ0) is 63.7. The zero-order valence-electron chi connectivity index (χ0n) is 53.0. The fraction of sp³-hybridized carbons (Fsp3) is 0.464. The number of imidazole rings is 1. The van der Waals surface area contributed by atoms with Crippen LogP contribution in [0.5, 0.6) is 23.0 Å². The van der Waals surface area contributed by atoms with Gasteiger partial charge in [-0.25, -0.2) is 9.78 Å². The molecule has 7 atom stereocenters. The van der Waals surface area contributed by atoms with Crippen molar-refractivity contribution in [1.82, 2.24) is 33.4 Å². The summed E-state index contributed by atoms with van der Waals surface area (Å²) >= 11 is 1.87. The first-order chi connectivity index (χ1) is 42.5. The Hall–Kier alpha value is -7.46. The van der Waals surface area contributed by atoms with Gasteiger partial charge in [-0.2, -0.15) is 0 Å². The maximum atomic E-state index is 12.7. The van der Waals surface area contributed by atoms with Crippen LogP contribution in [-0.2, 0) is 48.2 Å². The number of fused-ring (bicyclic) bond motifs is 3. The van der Waals surface area contributed by atoms with E-state index in [1.165, 1.54) is 77.4 Å². The monoisotopic (exact) mass is 1230 g/mol. The number of benzene rings is 5. The lowest BCUT2D eigenvalue weighted by Gasteiger charge is -2.62. The summed E-state index contributed by atoms with van der Waals surface area (Å²) < 4.78 is 15.4. The largest absolute Gasteiger partial charge is 0.508 e. The number of hydrogen-bond donors (Lipinski definition) is 5. The smallest absolute Gasteiger partial charge is 0.332 e. The van der Waals surface area contributed by atoms with E-state index < -0.39 is 22.7 Å². The van der Waals surface area contributed by atoms with Crippen LogP contribution in [0.15, 0.2) is 135 Å². The number of ketones is 1. The highest BCUT2D eigenvalue weighted by Gasteiger charge is 2.73. The molecule has 3 aliphatic heterocycles. The van der Waals surface area contributed by atoms with Crippen LogP contribution in [0.4, 0.5) is 17.1 Å². The number of anilines is 3. The Morgan fingerprint density at radius 3 is 2.17 bits per heavy atom. The number of carbonyl (C=O) groups is 2. The summed E-state index contributed by atoms with van der Waals surface area (Å²) in [5, 5.41) is 44.9. The molecule has 19 nitrogen and oxygen atoms in total. The molecule has 1 spiro atoms. The van der Waals surface area contributed by atoms with E-state index in [2.05, 4.69) is 114 Å². The molecule has 2 aromatic heterocycles.